The van der Waals surface area contributed by atoms with Crippen LogP contribution in [0.25, 0.3) is 0 Å². The Morgan fingerprint density at radius 2 is 1.06 bits per heavy atom. The van der Waals surface area contributed by atoms with Crippen molar-refractivity contribution in [1.82, 2.24) is 5.32 Å². The number of hydrogen-bond acceptors (Lipinski definition) is 9. The molecule has 10 nitrogen and oxygen atoms in total. The molecule has 1 aliphatic rings. The Morgan fingerprint density at radius 1 is 0.635 bits per heavy atom. The largest absolute Gasteiger partial charge is 0.467 e. The molecule has 1 N–H and O–H groups in total. The zero-order valence-corrected chi connectivity index (χ0v) is 30.2. The number of rotatable bonds is 16. The van der Waals surface area contributed by atoms with Gasteiger partial charge < -0.3 is 38.5 Å². The molecule has 1 fully saturated rings. The standard InChI is InChI=1S/C42H49NO9/c1-42(2,3)52-41(45)43-35(40(44)46-4)37-39(50-28-33-23-15-8-16-24-33)38(49-27-32-21-13-7-14-22-32)36(48-26-31-19-11-6-12-20-31)34(51-37)29-47-25-30-17-9-5-10-18-30/h5-24,34-39H,25-29H2,1-4H3,(H,43,45)/t34-,35+,36-,37+,38+,39+/m1/s1. The summed E-state index contributed by atoms with van der Waals surface area (Å²) in [5.41, 5.74) is 2.94. The number of benzene rings is 4. The predicted octanol–water partition coefficient (Wildman–Crippen LogP) is 6.79. The summed E-state index contributed by atoms with van der Waals surface area (Å²) in [6.45, 7) is 6.26. The van der Waals surface area contributed by atoms with E-state index >= 15 is 0 Å². The Kier molecular flexibility index (Phi) is 14.4. The Morgan fingerprint density at radius 3 is 1.50 bits per heavy atom. The van der Waals surface area contributed by atoms with Crippen LogP contribution in [0.5, 0.6) is 0 Å². The molecule has 0 radical (unpaired) electrons. The van der Waals surface area contributed by atoms with Gasteiger partial charge in [-0.2, -0.15) is 0 Å². The Labute approximate surface area is 306 Å². The molecule has 0 bridgehead atoms. The summed E-state index contributed by atoms with van der Waals surface area (Å²) in [7, 11) is 1.25. The fourth-order valence-corrected chi connectivity index (χ4v) is 5.93. The zero-order chi connectivity index (χ0) is 36.8. The Bertz CT molecular complexity index is 1630. The van der Waals surface area contributed by atoms with Gasteiger partial charge in [0.2, 0.25) is 0 Å². The van der Waals surface area contributed by atoms with Gasteiger partial charge in [0.05, 0.1) is 40.1 Å². The Balaban J connectivity index is 1.54. The van der Waals surface area contributed by atoms with Crippen molar-refractivity contribution in [3.8, 4) is 0 Å². The van der Waals surface area contributed by atoms with Crippen LogP contribution in [-0.2, 0) is 64.4 Å². The third-order valence-electron chi connectivity index (χ3n) is 8.38. The predicted molar refractivity (Wildman–Crippen MR) is 195 cm³/mol. The van der Waals surface area contributed by atoms with E-state index in [1.807, 2.05) is 121 Å². The summed E-state index contributed by atoms with van der Waals surface area (Å²) in [6.07, 6.45) is -5.14. The van der Waals surface area contributed by atoms with Crippen LogP contribution in [0.2, 0.25) is 0 Å². The van der Waals surface area contributed by atoms with Crippen LogP contribution in [0.4, 0.5) is 4.79 Å². The van der Waals surface area contributed by atoms with E-state index in [-0.39, 0.29) is 26.4 Å². The summed E-state index contributed by atoms with van der Waals surface area (Å²) in [6, 6.07) is 37.7. The first-order valence-electron chi connectivity index (χ1n) is 17.5. The fourth-order valence-electron chi connectivity index (χ4n) is 5.93. The van der Waals surface area contributed by atoms with E-state index in [0.29, 0.717) is 6.61 Å². The maximum atomic E-state index is 13.6. The lowest BCUT2D eigenvalue weighted by molar-refractivity contribution is -0.276. The van der Waals surface area contributed by atoms with Crippen molar-refractivity contribution < 1.29 is 42.7 Å². The molecular weight excluding hydrogens is 662 g/mol. The van der Waals surface area contributed by atoms with E-state index in [1.165, 1.54) is 7.11 Å². The average molecular weight is 712 g/mol. The minimum Gasteiger partial charge on any atom is -0.467 e. The minimum absolute atomic E-state index is 0.0851. The van der Waals surface area contributed by atoms with E-state index in [0.717, 1.165) is 22.3 Å². The van der Waals surface area contributed by atoms with E-state index < -0.39 is 54.2 Å². The highest BCUT2D eigenvalue weighted by Gasteiger charge is 2.53. The van der Waals surface area contributed by atoms with Gasteiger partial charge in [-0.25, -0.2) is 9.59 Å². The number of amides is 1. The molecular formula is C42H49NO9. The van der Waals surface area contributed by atoms with Gasteiger partial charge in [-0.15, -0.1) is 0 Å². The molecule has 6 atom stereocenters. The molecule has 10 heteroatoms. The summed E-state index contributed by atoms with van der Waals surface area (Å²) < 4.78 is 44.0. The minimum atomic E-state index is -1.34. The number of hydrogen-bond donors (Lipinski definition) is 1. The zero-order valence-electron chi connectivity index (χ0n) is 30.2. The van der Waals surface area contributed by atoms with Gasteiger partial charge in [0.1, 0.15) is 36.1 Å². The SMILES string of the molecule is COC(=O)[C@@H](NC(=O)OC(C)(C)C)[C@@H]1O[C@H](COCc2ccccc2)[C@@H](OCc2ccccc2)[C@H](OCc2ccccc2)[C@H]1OCc1ccccc1. The number of methoxy groups -OCH3 is 1. The molecule has 4 aromatic rings. The number of esters is 1. The first-order valence-corrected chi connectivity index (χ1v) is 17.5. The summed E-state index contributed by atoms with van der Waals surface area (Å²) >= 11 is 0. The molecule has 52 heavy (non-hydrogen) atoms. The van der Waals surface area contributed by atoms with Crippen LogP contribution in [0.15, 0.2) is 121 Å². The van der Waals surface area contributed by atoms with Gasteiger partial charge >= 0.3 is 12.1 Å². The number of carbonyl (C=O) groups is 2. The third kappa shape index (κ3) is 11.7. The van der Waals surface area contributed by atoms with Gasteiger partial charge in [0, 0.05) is 0 Å². The maximum absolute atomic E-state index is 13.6. The highest BCUT2D eigenvalue weighted by molar-refractivity contribution is 5.82. The lowest BCUT2D eigenvalue weighted by Crippen LogP contribution is -2.67. The van der Waals surface area contributed by atoms with Crippen LogP contribution in [0.1, 0.15) is 43.0 Å². The lowest BCUT2D eigenvalue weighted by atomic mass is 9.90. The third-order valence-corrected chi connectivity index (χ3v) is 8.38. The second-order valence-electron chi connectivity index (χ2n) is 13.6. The summed E-state index contributed by atoms with van der Waals surface area (Å²) in [5.74, 6) is -0.737. The van der Waals surface area contributed by atoms with Crippen LogP contribution in [-0.4, -0.2) is 67.9 Å². The van der Waals surface area contributed by atoms with Crippen molar-refractivity contribution in [3.63, 3.8) is 0 Å². The second-order valence-corrected chi connectivity index (χ2v) is 13.6. The van der Waals surface area contributed by atoms with Gasteiger partial charge in [-0.05, 0) is 43.0 Å². The Hall–Kier alpha value is -4.58. The average Bonchev–Trinajstić information content (AvgIpc) is 3.15. The first-order chi connectivity index (χ1) is 25.2. The smallest absolute Gasteiger partial charge is 0.408 e. The molecule has 0 aromatic heterocycles. The highest BCUT2D eigenvalue weighted by atomic mass is 16.6. The highest BCUT2D eigenvalue weighted by Crippen LogP contribution is 2.33. The van der Waals surface area contributed by atoms with Gasteiger partial charge in [-0.3, -0.25) is 0 Å². The molecule has 0 aliphatic carbocycles. The number of carbonyl (C=O) groups excluding carboxylic acids is 2. The number of ether oxygens (including phenoxy) is 7. The monoisotopic (exact) mass is 711 g/mol. The lowest BCUT2D eigenvalue weighted by Gasteiger charge is -2.47. The summed E-state index contributed by atoms with van der Waals surface area (Å²) in [4.78, 5) is 26.8. The van der Waals surface area contributed by atoms with Crippen molar-refractivity contribution in [2.45, 2.75) is 89.4 Å². The fraction of sp³-hybridized carbons (Fsp3) is 0.381. The molecule has 1 aliphatic heterocycles. The topological polar surface area (TPSA) is 111 Å². The van der Waals surface area contributed by atoms with Crippen molar-refractivity contribution in [1.29, 1.82) is 0 Å². The second kappa shape index (κ2) is 19.3. The number of nitrogens with one attached hydrogen (secondary N) is 1. The van der Waals surface area contributed by atoms with Crippen molar-refractivity contribution in [2.24, 2.45) is 0 Å². The molecule has 1 amide bonds. The number of alkyl carbamates (subject to hydrolysis) is 1. The molecule has 0 saturated carbocycles. The molecule has 5 rings (SSSR count). The normalized spacial score (nSPS) is 20.8. The molecule has 1 saturated heterocycles. The van der Waals surface area contributed by atoms with Gasteiger partial charge in [-0.1, -0.05) is 121 Å². The first kappa shape index (κ1) is 38.6. The van der Waals surface area contributed by atoms with E-state index in [4.69, 9.17) is 33.2 Å². The van der Waals surface area contributed by atoms with E-state index in [2.05, 4.69) is 5.32 Å². The molecule has 0 spiro atoms. The van der Waals surface area contributed by atoms with Crippen LogP contribution >= 0.6 is 0 Å². The van der Waals surface area contributed by atoms with Crippen LogP contribution in [0, 0.1) is 0 Å². The molecule has 276 valence electrons. The quantitative estimate of drug-likeness (QED) is 0.126. The van der Waals surface area contributed by atoms with Crippen LogP contribution in [0.3, 0.4) is 0 Å². The van der Waals surface area contributed by atoms with E-state index in [1.54, 1.807) is 20.8 Å². The molecule has 0 unspecified atom stereocenters. The van der Waals surface area contributed by atoms with Crippen LogP contribution < -0.4 is 5.32 Å². The maximum Gasteiger partial charge on any atom is 0.408 e. The van der Waals surface area contributed by atoms with Gasteiger partial charge in [0.15, 0.2) is 6.04 Å². The van der Waals surface area contributed by atoms with Crippen molar-refractivity contribution in [3.05, 3.63) is 144 Å². The van der Waals surface area contributed by atoms with E-state index in [9.17, 15) is 9.59 Å². The van der Waals surface area contributed by atoms with Crippen molar-refractivity contribution in [2.75, 3.05) is 13.7 Å². The van der Waals surface area contributed by atoms with Crippen molar-refractivity contribution >= 4 is 12.1 Å². The molecule has 1 heterocycles. The van der Waals surface area contributed by atoms with Gasteiger partial charge in [0.25, 0.3) is 0 Å². The molecule has 4 aromatic carbocycles. The summed E-state index contributed by atoms with van der Waals surface area (Å²) in [5, 5.41) is 2.71.